The number of carbonyl (C=O) groups excluding carboxylic acids is 1. The quantitative estimate of drug-likeness (QED) is 0.637. The molecule has 0 atom stereocenters. The maximum atomic E-state index is 12.5. The summed E-state index contributed by atoms with van der Waals surface area (Å²) in [5.41, 5.74) is 1.10. The zero-order chi connectivity index (χ0) is 19.4. The average molecular weight is 366 g/mol. The molecule has 0 radical (unpaired) electrons. The molecule has 0 saturated carbocycles. The number of furan rings is 1. The molecule has 5 nitrogen and oxygen atoms in total. The van der Waals surface area contributed by atoms with Gasteiger partial charge in [0.15, 0.2) is 0 Å². The van der Waals surface area contributed by atoms with Gasteiger partial charge in [0.2, 0.25) is 5.91 Å². The van der Waals surface area contributed by atoms with E-state index in [2.05, 4.69) is 18.2 Å². The number of likely N-dealkylation sites (N-methyl/N-ethyl adjacent to an activating group) is 2. The minimum atomic E-state index is 0.0793. The standard InChI is InChI=1S/C22H26N2O3/c1-16-5-9-21(27-16)14-23(2)15-22(25)24(3)13-17-6-7-19-12-20(26-4)10-8-18(19)11-17/h5-12H,13-15H2,1-4H3. The molecule has 0 saturated heterocycles. The molecule has 27 heavy (non-hydrogen) atoms. The Labute approximate surface area is 160 Å². The van der Waals surface area contributed by atoms with Crippen LogP contribution in [0.5, 0.6) is 5.75 Å². The van der Waals surface area contributed by atoms with Crippen LogP contribution in [-0.4, -0.2) is 43.5 Å². The summed E-state index contributed by atoms with van der Waals surface area (Å²) in [7, 11) is 5.43. The molecule has 3 aromatic rings. The minimum Gasteiger partial charge on any atom is -0.497 e. The molecule has 3 rings (SSSR count). The van der Waals surface area contributed by atoms with E-state index in [0.717, 1.165) is 33.6 Å². The Morgan fingerprint density at radius 3 is 2.44 bits per heavy atom. The van der Waals surface area contributed by atoms with Crippen LogP contribution in [0.1, 0.15) is 17.1 Å². The number of aryl methyl sites for hydroxylation is 1. The number of nitrogens with zero attached hydrogens (tertiary/aromatic N) is 2. The molecular weight excluding hydrogens is 340 g/mol. The van der Waals surface area contributed by atoms with Crippen LogP contribution < -0.4 is 4.74 Å². The maximum Gasteiger partial charge on any atom is 0.236 e. The number of benzene rings is 2. The molecule has 0 aliphatic carbocycles. The fraction of sp³-hybridized carbons (Fsp3) is 0.318. The molecular formula is C22H26N2O3. The van der Waals surface area contributed by atoms with Crippen LogP contribution in [-0.2, 0) is 17.9 Å². The number of ether oxygens (including phenoxy) is 1. The van der Waals surface area contributed by atoms with Crippen molar-refractivity contribution in [3.8, 4) is 5.75 Å². The summed E-state index contributed by atoms with van der Waals surface area (Å²) in [6, 6.07) is 16.1. The molecule has 1 amide bonds. The Hall–Kier alpha value is -2.79. The van der Waals surface area contributed by atoms with Crippen molar-refractivity contribution in [1.82, 2.24) is 9.80 Å². The minimum absolute atomic E-state index is 0.0793. The van der Waals surface area contributed by atoms with Crippen molar-refractivity contribution >= 4 is 16.7 Å². The summed E-state index contributed by atoms with van der Waals surface area (Å²) in [5.74, 6) is 2.68. The van der Waals surface area contributed by atoms with Crippen molar-refractivity contribution in [2.75, 3.05) is 27.7 Å². The van der Waals surface area contributed by atoms with Crippen LogP contribution in [0.4, 0.5) is 0 Å². The molecule has 0 unspecified atom stereocenters. The van der Waals surface area contributed by atoms with Gasteiger partial charge in [0.25, 0.3) is 0 Å². The van der Waals surface area contributed by atoms with E-state index in [-0.39, 0.29) is 5.91 Å². The zero-order valence-corrected chi connectivity index (χ0v) is 16.4. The molecule has 0 spiro atoms. The highest BCUT2D eigenvalue weighted by Gasteiger charge is 2.14. The SMILES string of the molecule is COc1ccc2cc(CN(C)C(=O)CN(C)Cc3ccc(C)o3)ccc2c1. The number of carbonyl (C=O) groups is 1. The van der Waals surface area contributed by atoms with Crippen LogP contribution in [0.3, 0.4) is 0 Å². The predicted molar refractivity (Wildman–Crippen MR) is 107 cm³/mol. The number of hydrogen-bond acceptors (Lipinski definition) is 4. The van der Waals surface area contributed by atoms with Gasteiger partial charge in [0, 0.05) is 13.6 Å². The van der Waals surface area contributed by atoms with Gasteiger partial charge in [-0.15, -0.1) is 0 Å². The first kappa shape index (κ1) is 19.0. The Balaban J connectivity index is 1.59. The second-order valence-electron chi connectivity index (χ2n) is 6.98. The van der Waals surface area contributed by atoms with Crippen molar-refractivity contribution in [1.29, 1.82) is 0 Å². The third-order valence-corrected chi connectivity index (χ3v) is 4.58. The largest absolute Gasteiger partial charge is 0.497 e. The number of hydrogen-bond donors (Lipinski definition) is 0. The smallest absolute Gasteiger partial charge is 0.236 e. The van der Waals surface area contributed by atoms with Gasteiger partial charge in [-0.25, -0.2) is 0 Å². The van der Waals surface area contributed by atoms with E-state index in [1.54, 1.807) is 12.0 Å². The Bertz CT molecular complexity index is 932. The second-order valence-corrected chi connectivity index (χ2v) is 6.98. The highest BCUT2D eigenvalue weighted by atomic mass is 16.5. The monoisotopic (exact) mass is 366 g/mol. The van der Waals surface area contributed by atoms with Crippen LogP contribution in [0.15, 0.2) is 52.9 Å². The third-order valence-electron chi connectivity index (χ3n) is 4.58. The number of rotatable bonds is 7. The van der Waals surface area contributed by atoms with Gasteiger partial charge in [0.05, 0.1) is 20.2 Å². The normalized spacial score (nSPS) is 11.1. The highest BCUT2D eigenvalue weighted by Crippen LogP contribution is 2.22. The third kappa shape index (κ3) is 4.89. The molecule has 1 heterocycles. The van der Waals surface area contributed by atoms with E-state index >= 15 is 0 Å². The van der Waals surface area contributed by atoms with Gasteiger partial charge in [0.1, 0.15) is 17.3 Å². The Morgan fingerprint density at radius 1 is 1.00 bits per heavy atom. The zero-order valence-electron chi connectivity index (χ0n) is 16.4. The first-order valence-electron chi connectivity index (χ1n) is 8.99. The summed E-state index contributed by atoms with van der Waals surface area (Å²) in [6.45, 7) is 3.46. The Kier molecular flexibility index (Phi) is 5.81. The lowest BCUT2D eigenvalue weighted by Gasteiger charge is -2.21. The lowest BCUT2D eigenvalue weighted by atomic mass is 10.1. The molecule has 0 N–H and O–H groups in total. The molecule has 1 aromatic heterocycles. The van der Waals surface area contributed by atoms with Crippen molar-refractivity contribution in [2.24, 2.45) is 0 Å². The first-order valence-corrected chi connectivity index (χ1v) is 8.99. The average Bonchev–Trinajstić information content (AvgIpc) is 3.05. The molecule has 0 aliphatic rings. The van der Waals surface area contributed by atoms with Crippen molar-refractivity contribution in [2.45, 2.75) is 20.0 Å². The van der Waals surface area contributed by atoms with E-state index in [1.807, 2.05) is 56.3 Å². The fourth-order valence-electron chi connectivity index (χ4n) is 3.10. The van der Waals surface area contributed by atoms with Gasteiger partial charge in [-0.1, -0.05) is 18.2 Å². The van der Waals surface area contributed by atoms with Crippen LogP contribution in [0.25, 0.3) is 10.8 Å². The topological polar surface area (TPSA) is 45.9 Å². The van der Waals surface area contributed by atoms with E-state index in [4.69, 9.17) is 9.15 Å². The van der Waals surface area contributed by atoms with E-state index in [9.17, 15) is 4.79 Å². The van der Waals surface area contributed by atoms with Crippen LogP contribution in [0.2, 0.25) is 0 Å². The second kappa shape index (κ2) is 8.27. The molecule has 142 valence electrons. The van der Waals surface area contributed by atoms with Gasteiger partial charge in [-0.2, -0.15) is 0 Å². The summed E-state index contributed by atoms with van der Waals surface area (Å²) < 4.78 is 10.8. The molecule has 0 bridgehead atoms. The van der Waals surface area contributed by atoms with E-state index < -0.39 is 0 Å². The van der Waals surface area contributed by atoms with E-state index in [1.165, 1.54) is 0 Å². The molecule has 2 aromatic carbocycles. The van der Waals surface area contributed by atoms with Crippen molar-refractivity contribution in [3.63, 3.8) is 0 Å². The van der Waals surface area contributed by atoms with Crippen LogP contribution in [0, 0.1) is 6.92 Å². The van der Waals surface area contributed by atoms with Gasteiger partial charge in [-0.05, 0) is 60.6 Å². The van der Waals surface area contributed by atoms with Crippen molar-refractivity contribution in [3.05, 3.63) is 65.6 Å². The number of methoxy groups -OCH3 is 1. The van der Waals surface area contributed by atoms with Crippen LogP contribution >= 0.6 is 0 Å². The lowest BCUT2D eigenvalue weighted by molar-refractivity contribution is -0.131. The predicted octanol–water partition coefficient (Wildman–Crippen LogP) is 3.84. The molecule has 5 heteroatoms. The fourth-order valence-corrected chi connectivity index (χ4v) is 3.10. The molecule has 0 fully saturated rings. The van der Waals surface area contributed by atoms with E-state index in [0.29, 0.717) is 19.6 Å². The number of fused-ring (bicyclic) bond motifs is 1. The summed E-state index contributed by atoms with van der Waals surface area (Å²) in [5, 5.41) is 2.26. The van der Waals surface area contributed by atoms with Gasteiger partial charge < -0.3 is 14.1 Å². The molecule has 0 aliphatic heterocycles. The first-order chi connectivity index (χ1) is 12.9. The van der Waals surface area contributed by atoms with Gasteiger partial charge >= 0.3 is 0 Å². The number of amides is 1. The Morgan fingerprint density at radius 2 is 1.74 bits per heavy atom. The summed E-state index contributed by atoms with van der Waals surface area (Å²) in [4.78, 5) is 16.3. The van der Waals surface area contributed by atoms with Crippen molar-refractivity contribution < 1.29 is 13.9 Å². The lowest BCUT2D eigenvalue weighted by Crippen LogP contribution is -2.35. The van der Waals surface area contributed by atoms with Gasteiger partial charge in [-0.3, -0.25) is 9.69 Å². The summed E-state index contributed by atoms with van der Waals surface area (Å²) in [6.07, 6.45) is 0. The highest BCUT2D eigenvalue weighted by molar-refractivity contribution is 5.84. The summed E-state index contributed by atoms with van der Waals surface area (Å²) >= 11 is 0. The maximum absolute atomic E-state index is 12.5.